The van der Waals surface area contributed by atoms with Crippen LogP contribution in [-0.4, -0.2) is 10.8 Å². The van der Waals surface area contributed by atoms with E-state index >= 15 is 0 Å². The van der Waals surface area contributed by atoms with Crippen molar-refractivity contribution in [2.24, 2.45) is 4.99 Å². The first-order chi connectivity index (χ1) is 11.1. The number of rotatable bonds is 8. The molecule has 0 amide bonds. The van der Waals surface area contributed by atoms with Crippen LogP contribution in [0.3, 0.4) is 0 Å². The van der Waals surface area contributed by atoms with E-state index in [4.69, 9.17) is 0 Å². The number of aromatic nitrogens is 1. The van der Waals surface area contributed by atoms with Crippen LogP contribution in [0.4, 0.5) is 5.82 Å². The number of pyridine rings is 1. The molecular weight excluding hydrogens is 479 g/mol. The van der Waals surface area contributed by atoms with Crippen LogP contribution in [0.25, 0.3) is 0 Å². The molecule has 0 unspecified atom stereocenters. The minimum absolute atomic E-state index is 0. The number of nitrogens with one attached hydrogen (secondary N) is 1. The Labute approximate surface area is 159 Å². The fraction of sp³-hybridized carbons (Fsp3) is 0.0526. The fourth-order valence-electron chi connectivity index (χ4n) is 1.57. The third-order valence-electron chi connectivity index (χ3n) is 2.47. The molecule has 0 atom stereocenters. The molecule has 128 valence electrons. The van der Waals surface area contributed by atoms with Gasteiger partial charge in [-0.1, -0.05) is 18.7 Å². The van der Waals surface area contributed by atoms with Crippen LogP contribution in [0, 0.1) is 12.4 Å². The predicted molar refractivity (Wildman–Crippen MR) is 99.5 cm³/mol. The van der Waals surface area contributed by atoms with Gasteiger partial charge >= 0.3 is 21.1 Å². The normalized spacial score (nSPS) is 9.25. The molecule has 1 rings (SSSR count). The summed E-state index contributed by atoms with van der Waals surface area (Å²) >= 11 is 0. The Morgan fingerprint density at radius 2 is 1.96 bits per heavy atom. The summed E-state index contributed by atoms with van der Waals surface area (Å²) in [5.41, 5.74) is 1.47. The number of anilines is 1. The smallest absolute Gasteiger partial charge is 0.510 e. The van der Waals surface area contributed by atoms with Crippen LogP contribution >= 0.6 is 0 Å². The molecule has 0 aliphatic carbocycles. The SMILES string of the molecule is C=C.C=[C-]NC(C=C)=NC(=C)Cc1cccc(N([C-]=C)C=C)n1.[Pt+2]. The predicted octanol–water partition coefficient (Wildman–Crippen LogP) is 3.95. The average molecular weight is 501 g/mol. The third-order valence-corrected chi connectivity index (χ3v) is 2.47. The van der Waals surface area contributed by atoms with Crippen LogP contribution in [0.15, 0.2) is 87.2 Å². The maximum Gasteiger partial charge on any atom is 2.00 e. The summed E-state index contributed by atoms with van der Waals surface area (Å²) in [5.74, 6) is 1.23. The second-order valence-electron chi connectivity index (χ2n) is 3.94. The second-order valence-corrected chi connectivity index (χ2v) is 3.94. The zero-order valence-corrected chi connectivity index (χ0v) is 16.0. The number of allylic oxidation sites excluding steroid dienone is 1. The van der Waals surface area contributed by atoms with Gasteiger partial charge in [-0.2, -0.15) is 12.8 Å². The van der Waals surface area contributed by atoms with Crippen molar-refractivity contribution in [1.82, 2.24) is 10.3 Å². The number of amidine groups is 1. The van der Waals surface area contributed by atoms with Gasteiger partial charge in [-0.25, -0.2) is 0 Å². The van der Waals surface area contributed by atoms with E-state index in [1.807, 2.05) is 18.2 Å². The molecule has 24 heavy (non-hydrogen) atoms. The minimum atomic E-state index is 0. The Morgan fingerprint density at radius 3 is 2.46 bits per heavy atom. The van der Waals surface area contributed by atoms with Crippen LogP contribution < -0.4 is 10.2 Å². The van der Waals surface area contributed by atoms with Crippen LogP contribution in [0.2, 0.25) is 0 Å². The van der Waals surface area contributed by atoms with Gasteiger partial charge in [0.05, 0.1) is 0 Å². The molecule has 1 aromatic heterocycles. The van der Waals surface area contributed by atoms with E-state index in [1.54, 1.807) is 17.2 Å². The molecule has 0 saturated heterocycles. The summed E-state index contributed by atoms with van der Waals surface area (Å²) in [6.45, 7) is 24.3. The summed E-state index contributed by atoms with van der Waals surface area (Å²) in [4.78, 5) is 10.4. The summed E-state index contributed by atoms with van der Waals surface area (Å²) < 4.78 is 0. The second kappa shape index (κ2) is 14.2. The summed E-state index contributed by atoms with van der Waals surface area (Å²) in [6, 6.07) is 5.64. The van der Waals surface area contributed by atoms with Crippen LogP contribution in [0.1, 0.15) is 5.69 Å². The van der Waals surface area contributed by atoms with Gasteiger partial charge in [0.1, 0.15) is 0 Å². The molecule has 0 aliphatic heterocycles. The van der Waals surface area contributed by atoms with E-state index < -0.39 is 0 Å². The number of aliphatic imine (C=N–C) groups is 1. The molecule has 0 aliphatic rings. The zero-order valence-electron chi connectivity index (χ0n) is 13.7. The van der Waals surface area contributed by atoms with Crippen LogP contribution in [-0.2, 0) is 27.5 Å². The average Bonchev–Trinajstić information content (AvgIpc) is 2.57. The molecule has 1 heterocycles. The van der Waals surface area contributed by atoms with Gasteiger partial charge in [0.15, 0.2) is 0 Å². The van der Waals surface area contributed by atoms with E-state index in [1.165, 1.54) is 0 Å². The number of hydrogen-bond acceptors (Lipinski definition) is 3. The maximum atomic E-state index is 4.48. The number of nitrogens with zero attached hydrogens (tertiary/aromatic N) is 3. The Hall–Kier alpha value is -2.45. The van der Waals surface area contributed by atoms with Crippen molar-refractivity contribution in [3.05, 3.63) is 100 Å². The first kappa shape index (κ1) is 23.8. The van der Waals surface area contributed by atoms with E-state index in [-0.39, 0.29) is 21.1 Å². The standard InChI is InChI=1S/C17H18N4.C2H4.Pt/c1-6-16(18-7-2)19-14(5)13-15-11-10-12-17(20-15)21(8-3)9-4;1-2;/h6,8,10-12H,1-5,13H2,(H,18,19);1-2H2;/q-2;;+2. The van der Waals surface area contributed by atoms with E-state index in [0.29, 0.717) is 23.8 Å². The van der Waals surface area contributed by atoms with E-state index in [0.717, 1.165) is 5.69 Å². The van der Waals surface area contributed by atoms with Gasteiger partial charge in [-0.05, 0) is 11.9 Å². The number of hydrogen-bond donors (Lipinski definition) is 1. The van der Waals surface area contributed by atoms with Crippen molar-refractivity contribution in [3.63, 3.8) is 0 Å². The monoisotopic (exact) mass is 501 g/mol. The Bertz CT molecular complexity index is 597. The quantitative estimate of drug-likeness (QED) is 0.193. The van der Waals surface area contributed by atoms with Gasteiger partial charge < -0.3 is 15.2 Å². The fourth-order valence-corrected chi connectivity index (χ4v) is 1.57. The summed E-state index contributed by atoms with van der Waals surface area (Å²) in [7, 11) is 0. The molecule has 0 saturated carbocycles. The minimum Gasteiger partial charge on any atom is -0.510 e. The van der Waals surface area contributed by atoms with E-state index in [2.05, 4.69) is 73.7 Å². The summed E-state index contributed by atoms with van der Waals surface area (Å²) in [5, 5.41) is 2.75. The molecule has 4 nitrogen and oxygen atoms in total. The largest absolute Gasteiger partial charge is 2.00 e. The first-order valence-electron chi connectivity index (χ1n) is 6.72. The van der Waals surface area contributed by atoms with Gasteiger partial charge in [0, 0.05) is 23.6 Å². The van der Waals surface area contributed by atoms with Crippen molar-refractivity contribution in [2.75, 3.05) is 4.90 Å². The van der Waals surface area contributed by atoms with Gasteiger partial charge in [-0.3, -0.25) is 4.98 Å². The van der Waals surface area contributed by atoms with Crippen molar-refractivity contribution in [1.29, 1.82) is 0 Å². The molecular formula is C19H22N4Pt. The van der Waals surface area contributed by atoms with Crippen molar-refractivity contribution in [2.45, 2.75) is 6.42 Å². The molecule has 0 aromatic carbocycles. The Balaban J connectivity index is 0. The molecule has 0 fully saturated rings. The molecule has 0 bridgehead atoms. The molecule has 0 radical (unpaired) electrons. The van der Waals surface area contributed by atoms with Crippen LogP contribution in [0.5, 0.6) is 0 Å². The van der Waals surface area contributed by atoms with Crippen molar-refractivity contribution >= 4 is 11.7 Å². The van der Waals surface area contributed by atoms with Gasteiger partial charge in [0.25, 0.3) is 0 Å². The van der Waals surface area contributed by atoms with E-state index in [9.17, 15) is 0 Å². The third kappa shape index (κ3) is 8.25. The zero-order chi connectivity index (χ0) is 17.7. The summed E-state index contributed by atoms with van der Waals surface area (Å²) in [6.07, 6.45) is 8.92. The topological polar surface area (TPSA) is 40.5 Å². The first-order valence-corrected chi connectivity index (χ1v) is 6.72. The van der Waals surface area contributed by atoms with Crippen molar-refractivity contribution < 1.29 is 21.1 Å². The van der Waals surface area contributed by atoms with Gasteiger partial charge in [-0.15, -0.1) is 51.4 Å². The Morgan fingerprint density at radius 1 is 1.29 bits per heavy atom. The van der Waals surface area contributed by atoms with Gasteiger partial charge in [0.2, 0.25) is 0 Å². The molecule has 5 heteroatoms. The molecule has 0 spiro atoms. The molecule has 1 aromatic rings. The molecule has 1 N–H and O–H groups in total. The van der Waals surface area contributed by atoms with Crippen molar-refractivity contribution in [3.8, 4) is 0 Å². The maximum absolute atomic E-state index is 4.48. The Kier molecular flexibility index (Phi) is 14.0.